The molecule has 1 atom stereocenters. The van der Waals surface area contributed by atoms with Gasteiger partial charge in [0.25, 0.3) is 0 Å². The van der Waals surface area contributed by atoms with Gasteiger partial charge in [0.05, 0.1) is 25.2 Å². The van der Waals surface area contributed by atoms with Gasteiger partial charge in [0.15, 0.2) is 0 Å². The van der Waals surface area contributed by atoms with Crippen LogP contribution in [0.15, 0.2) is 59.5 Å². The van der Waals surface area contributed by atoms with E-state index in [0.717, 1.165) is 24.4 Å². The van der Waals surface area contributed by atoms with Gasteiger partial charge in [-0.2, -0.15) is 0 Å². The van der Waals surface area contributed by atoms with Crippen LogP contribution in [0.5, 0.6) is 5.75 Å². The van der Waals surface area contributed by atoms with Gasteiger partial charge in [-0.15, -0.1) is 0 Å². The normalized spacial score (nSPS) is 17.0. The van der Waals surface area contributed by atoms with E-state index < -0.39 is 10.0 Å². The Hall–Kier alpha value is -1.93. The van der Waals surface area contributed by atoms with Crippen molar-refractivity contribution in [2.45, 2.75) is 10.9 Å². The zero-order valence-corrected chi connectivity index (χ0v) is 15.6. The fraction of sp³-hybridized carbons (Fsp3) is 0.368. The molecule has 1 heterocycles. The van der Waals surface area contributed by atoms with Crippen molar-refractivity contribution in [3.8, 4) is 5.75 Å². The Balaban J connectivity index is 1.81. The molecule has 1 saturated heterocycles. The summed E-state index contributed by atoms with van der Waals surface area (Å²) in [6, 6.07) is 16.1. The number of hydrogen-bond donors (Lipinski definition) is 1. The van der Waals surface area contributed by atoms with E-state index in [0.29, 0.717) is 13.2 Å². The van der Waals surface area contributed by atoms with Gasteiger partial charge >= 0.3 is 0 Å². The molecule has 1 aliphatic heterocycles. The van der Waals surface area contributed by atoms with E-state index in [4.69, 9.17) is 9.47 Å². The van der Waals surface area contributed by atoms with Crippen molar-refractivity contribution in [1.29, 1.82) is 0 Å². The molecule has 2 aromatic carbocycles. The van der Waals surface area contributed by atoms with Gasteiger partial charge < -0.3 is 9.47 Å². The van der Waals surface area contributed by atoms with E-state index in [1.54, 1.807) is 37.4 Å². The molecule has 1 N–H and O–H groups in total. The van der Waals surface area contributed by atoms with Crippen LogP contribution in [0.25, 0.3) is 0 Å². The van der Waals surface area contributed by atoms with Crippen LogP contribution in [0.1, 0.15) is 11.6 Å². The zero-order valence-electron chi connectivity index (χ0n) is 14.8. The molecule has 7 heteroatoms. The molecule has 140 valence electrons. The summed E-state index contributed by atoms with van der Waals surface area (Å²) in [6.45, 7) is 3.09. The fourth-order valence-electron chi connectivity index (χ4n) is 3.07. The number of morpholine rings is 1. The van der Waals surface area contributed by atoms with Crippen LogP contribution < -0.4 is 9.46 Å². The summed E-state index contributed by atoms with van der Waals surface area (Å²) in [6.07, 6.45) is 0. The molecule has 6 nitrogen and oxygen atoms in total. The molecule has 0 radical (unpaired) electrons. The van der Waals surface area contributed by atoms with E-state index in [2.05, 4.69) is 9.62 Å². The number of ether oxygens (including phenoxy) is 2. The minimum Gasteiger partial charge on any atom is -0.497 e. The molecule has 2 aromatic rings. The molecule has 26 heavy (non-hydrogen) atoms. The summed E-state index contributed by atoms with van der Waals surface area (Å²) in [5.74, 6) is 0.756. The lowest BCUT2D eigenvalue weighted by Gasteiger charge is -2.35. The smallest absolute Gasteiger partial charge is 0.240 e. The molecule has 0 aliphatic carbocycles. The third-order valence-electron chi connectivity index (χ3n) is 4.49. The second-order valence-corrected chi connectivity index (χ2v) is 7.87. The highest BCUT2D eigenvalue weighted by atomic mass is 32.2. The SMILES string of the molecule is COc1cccc(C(CNS(=O)(=O)c2ccccc2)N2CCOCC2)c1. The molecular formula is C19H24N2O4S. The minimum absolute atomic E-state index is 0.0903. The van der Waals surface area contributed by atoms with Crippen LogP contribution in [0.3, 0.4) is 0 Å². The van der Waals surface area contributed by atoms with Crippen molar-refractivity contribution in [2.75, 3.05) is 40.0 Å². The van der Waals surface area contributed by atoms with E-state index >= 15 is 0 Å². The maximum atomic E-state index is 12.6. The van der Waals surface area contributed by atoms with Gasteiger partial charge in [-0.1, -0.05) is 30.3 Å². The van der Waals surface area contributed by atoms with E-state index in [1.165, 1.54) is 0 Å². The average molecular weight is 376 g/mol. The Morgan fingerprint density at radius 1 is 1.12 bits per heavy atom. The number of hydrogen-bond acceptors (Lipinski definition) is 5. The summed E-state index contributed by atoms with van der Waals surface area (Å²) in [7, 11) is -1.93. The van der Waals surface area contributed by atoms with Crippen molar-refractivity contribution < 1.29 is 17.9 Å². The summed E-state index contributed by atoms with van der Waals surface area (Å²) in [4.78, 5) is 2.51. The second-order valence-electron chi connectivity index (χ2n) is 6.11. The van der Waals surface area contributed by atoms with Crippen molar-refractivity contribution in [3.05, 3.63) is 60.2 Å². The molecule has 1 aliphatic rings. The predicted molar refractivity (Wildman–Crippen MR) is 99.8 cm³/mol. The lowest BCUT2D eigenvalue weighted by molar-refractivity contribution is 0.0171. The molecule has 0 bridgehead atoms. The summed E-state index contributed by atoms with van der Waals surface area (Å²) in [5, 5.41) is 0. The second kappa shape index (κ2) is 8.64. The van der Waals surface area contributed by atoms with Gasteiger partial charge in [0.2, 0.25) is 10.0 Å². The maximum Gasteiger partial charge on any atom is 0.240 e. The number of rotatable bonds is 7. The first-order valence-electron chi connectivity index (χ1n) is 8.60. The van der Waals surface area contributed by atoms with Gasteiger partial charge in [-0.3, -0.25) is 4.90 Å². The van der Waals surface area contributed by atoms with Gasteiger partial charge in [-0.05, 0) is 29.8 Å². The van der Waals surface area contributed by atoms with E-state index in [1.807, 2.05) is 24.3 Å². The highest BCUT2D eigenvalue weighted by molar-refractivity contribution is 7.89. The first-order valence-corrected chi connectivity index (χ1v) is 10.1. The standard InChI is InChI=1S/C19H24N2O4S/c1-24-17-7-5-6-16(14-17)19(21-10-12-25-13-11-21)15-20-26(22,23)18-8-3-2-4-9-18/h2-9,14,19-20H,10-13,15H2,1H3. The van der Waals surface area contributed by atoms with Crippen LogP contribution in [0.2, 0.25) is 0 Å². The zero-order chi connectivity index (χ0) is 18.4. The highest BCUT2D eigenvalue weighted by Crippen LogP contribution is 2.25. The Bertz CT molecular complexity index is 805. The van der Waals surface area contributed by atoms with Crippen LogP contribution in [0.4, 0.5) is 0 Å². The third-order valence-corrected chi connectivity index (χ3v) is 5.92. The molecular weight excluding hydrogens is 352 g/mol. The lowest BCUT2D eigenvalue weighted by Crippen LogP contribution is -2.43. The van der Waals surface area contributed by atoms with Crippen molar-refractivity contribution in [1.82, 2.24) is 9.62 Å². The van der Waals surface area contributed by atoms with E-state index in [9.17, 15) is 8.42 Å². The highest BCUT2D eigenvalue weighted by Gasteiger charge is 2.25. The topological polar surface area (TPSA) is 67.9 Å². The van der Waals surface area contributed by atoms with Crippen LogP contribution in [-0.2, 0) is 14.8 Å². The van der Waals surface area contributed by atoms with Gasteiger partial charge in [-0.25, -0.2) is 13.1 Å². The van der Waals surface area contributed by atoms with Crippen LogP contribution >= 0.6 is 0 Å². The Morgan fingerprint density at radius 2 is 1.85 bits per heavy atom. The van der Waals surface area contributed by atoms with Gasteiger partial charge in [0.1, 0.15) is 5.75 Å². The number of nitrogens with zero attached hydrogens (tertiary/aromatic N) is 1. The minimum atomic E-state index is -3.56. The van der Waals surface area contributed by atoms with Crippen molar-refractivity contribution >= 4 is 10.0 Å². The Kier molecular flexibility index (Phi) is 6.26. The Morgan fingerprint density at radius 3 is 2.54 bits per heavy atom. The first-order chi connectivity index (χ1) is 12.6. The van der Waals surface area contributed by atoms with Crippen molar-refractivity contribution in [2.24, 2.45) is 0 Å². The number of nitrogens with one attached hydrogen (secondary N) is 1. The maximum absolute atomic E-state index is 12.6. The lowest BCUT2D eigenvalue weighted by atomic mass is 10.0. The summed E-state index contributed by atoms with van der Waals surface area (Å²) in [5.41, 5.74) is 1.02. The van der Waals surface area contributed by atoms with Crippen molar-refractivity contribution in [3.63, 3.8) is 0 Å². The largest absolute Gasteiger partial charge is 0.497 e. The molecule has 0 amide bonds. The average Bonchev–Trinajstić information content (AvgIpc) is 2.70. The quantitative estimate of drug-likeness (QED) is 0.801. The van der Waals surface area contributed by atoms with Crippen LogP contribution in [-0.4, -0.2) is 53.3 Å². The summed E-state index contributed by atoms with van der Waals surface area (Å²) >= 11 is 0. The Labute approximate surface area is 154 Å². The number of methoxy groups -OCH3 is 1. The third kappa shape index (κ3) is 4.62. The molecule has 0 aromatic heterocycles. The monoisotopic (exact) mass is 376 g/mol. The van der Waals surface area contributed by atoms with E-state index in [-0.39, 0.29) is 17.5 Å². The first kappa shape index (κ1) is 18.8. The molecule has 3 rings (SSSR count). The molecule has 0 saturated carbocycles. The predicted octanol–water partition coefficient (Wildman–Crippen LogP) is 2.05. The number of benzene rings is 2. The summed E-state index contributed by atoms with van der Waals surface area (Å²) < 4.78 is 38.7. The fourth-order valence-corrected chi connectivity index (χ4v) is 4.13. The molecule has 1 unspecified atom stereocenters. The molecule has 0 spiro atoms. The number of sulfonamides is 1. The van der Waals surface area contributed by atoms with Gasteiger partial charge in [0, 0.05) is 25.7 Å². The van der Waals surface area contributed by atoms with Crippen LogP contribution in [0, 0.1) is 0 Å². The molecule has 1 fully saturated rings.